The molecule has 3 heteroatoms. The molecule has 0 saturated heterocycles. The van der Waals surface area contributed by atoms with E-state index in [4.69, 9.17) is 5.73 Å². The van der Waals surface area contributed by atoms with Gasteiger partial charge in [0.2, 0.25) is 5.91 Å². The second kappa shape index (κ2) is 3.10. The molecule has 0 bridgehead atoms. The standard InChI is InChI=1S/C11H14N2O/c1-6-7(2)11-8(3-9(6)5-12)4-10(14)13-11/h3H,4-5,12H2,1-2H3,(H,13,14). The zero-order chi connectivity index (χ0) is 10.3. The number of nitrogens with one attached hydrogen (secondary N) is 1. The SMILES string of the molecule is Cc1c(CN)cc2c(c1C)NC(=O)C2. The molecule has 0 radical (unpaired) electrons. The Hall–Kier alpha value is -1.35. The molecule has 1 aliphatic heterocycles. The molecule has 1 amide bonds. The minimum Gasteiger partial charge on any atom is -0.326 e. The van der Waals surface area contributed by atoms with Gasteiger partial charge in [-0.05, 0) is 36.1 Å². The molecule has 0 saturated carbocycles. The Balaban J connectivity index is 2.61. The van der Waals surface area contributed by atoms with Crippen molar-refractivity contribution in [1.29, 1.82) is 0 Å². The molecule has 0 atom stereocenters. The van der Waals surface area contributed by atoms with Crippen molar-refractivity contribution in [1.82, 2.24) is 0 Å². The first-order valence-corrected chi connectivity index (χ1v) is 4.75. The summed E-state index contributed by atoms with van der Waals surface area (Å²) < 4.78 is 0. The van der Waals surface area contributed by atoms with Gasteiger partial charge in [0.15, 0.2) is 0 Å². The van der Waals surface area contributed by atoms with E-state index in [-0.39, 0.29) is 5.91 Å². The number of anilines is 1. The van der Waals surface area contributed by atoms with Crippen molar-refractivity contribution in [2.24, 2.45) is 5.73 Å². The number of fused-ring (bicyclic) bond motifs is 1. The van der Waals surface area contributed by atoms with Gasteiger partial charge in [-0.2, -0.15) is 0 Å². The lowest BCUT2D eigenvalue weighted by Gasteiger charge is -2.11. The van der Waals surface area contributed by atoms with Crippen LogP contribution in [-0.2, 0) is 17.8 Å². The zero-order valence-electron chi connectivity index (χ0n) is 8.48. The molecule has 0 fully saturated rings. The van der Waals surface area contributed by atoms with Crippen molar-refractivity contribution in [3.8, 4) is 0 Å². The number of amides is 1. The van der Waals surface area contributed by atoms with Gasteiger partial charge in [0.1, 0.15) is 0 Å². The van der Waals surface area contributed by atoms with E-state index in [1.54, 1.807) is 0 Å². The monoisotopic (exact) mass is 190 g/mol. The highest BCUT2D eigenvalue weighted by Gasteiger charge is 2.21. The first-order valence-electron chi connectivity index (χ1n) is 4.75. The fourth-order valence-corrected chi connectivity index (χ4v) is 1.94. The molecule has 0 aliphatic carbocycles. The summed E-state index contributed by atoms with van der Waals surface area (Å²) in [5.74, 6) is 0.0803. The van der Waals surface area contributed by atoms with Crippen LogP contribution >= 0.6 is 0 Å². The molecule has 1 aromatic carbocycles. The lowest BCUT2D eigenvalue weighted by Crippen LogP contribution is -2.05. The predicted octanol–water partition coefficient (Wildman–Crippen LogP) is 1.26. The first kappa shape index (κ1) is 9.21. The van der Waals surface area contributed by atoms with Gasteiger partial charge >= 0.3 is 0 Å². The van der Waals surface area contributed by atoms with E-state index in [1.807, 2.05) is 19.9 Å². The van der Waals surface area contributed by atoms with Crippen molar-refractivity contribution in [3.05, 3.63) is 28.3 Å². The van der Waals surface area contributed by atoms with Crippen LogP contribution in [-0.4, -0.2) is 5.91 Å². The van der Waals surface area contributed by atoms with Crippen LogP contribution < -0.4 is 11.1 Å². The third kappa shape index (κ3) is 1.21. The number of benzene rings is 1. The summed E-state index contributed by atoms with van der Waals surface area (Å²) in [5, 5.41) is 2.88. The molecule has 1 heterocycles. The van der Waals surface area contributed by atoms with Crippen LogP contribution in [0, 0.1) is 13.8 Å². The molecule has 0 unspecified atom stereocenters. The molecule has 14 heavy (non-hydrogen) atoms. The molecular weight excluding hydrogens is 176 g/mol. The maximum atomic E-state index is 11.2. The van der Waals surface area contributed by atoms with Gasteiger partial charge in [-0.3, -0.25) is 4.79 Å². The third-order valence-corrected chi connectivity index (χ3v) is 2.92. The average Bonchev–Trinajstić information content (AvgIpc) is 2.52. The second-order valence-electron chi connectivity index (χ2n) is 3.75. The number of hydrogen-bond donors (Lipinski definition) is 2. The maximum absolute atomic E-state index is 11.2. The molecular formula is C11H14N2O. The van der Waals surface area contributed by atoms with Gasteiger partial charge < -0.3 is 11.1 Å². The fraction of sp³-hybridized carbons (Fsp3) is 0.364. The van der Waals surface area contributed by atoms with Crippen LogP contribution in [0.2, 0.25) is 0 Å². The summed E-state index contributed by atoms with van der Waals surface area (Å²) >= 11 is 0. The van der Waals surface area contributed by atoms with Crippen molar-refractivity contribution < 1.29 is 4.79 Å². The van der Waals surface area contributed by atoms with Crippen LogP contribution in [0.4, 0.5) is 5.69 Å². The lowest BCUT2D eigenvalue weighted by molar-refractivity contribution is -0.115. The predicted molar refractivity (Wildman–Crippen MR) is 56.1 cm³/mol. The van der Waals surface area contributed by atoms with Gasteiger partial charge in [0.05, 0.1) is 6.42 Å². The summed E-state index contributed by atoms with van der Waals surface area (Å²) in [4.78, 5) is 11.2. The zero-order valence-corrected chi connectivity index (χ0v) is 8.48. The van der Waals surface area contributed by atoms with Crippen LogP contribution in [0.1, 0.15) is 22.3 Å². The Morgan fingerprint density at radius 2 is 2.14 bits per heavy atom. The Morgan fingerprint density at radius 3 is 2.79 bits per heavy atom. The van der Waals surface area contributed by atoms with Crippen LogP contribution in [0.25, 0.3) is 0 Å². The topological polar surface area (TPSA) is 55.1 Å². The average molecular weight is 190 g/mol. The van der Waals surface area contributed by atoms with E-state index >= 15 is 0 Å². The Morgan fingerprint density at radius 1 is 1.43 bits per heavy atom. The van der Waals surface area contributed by atoms with Gasteiger partial charge in [-0.1, -0.05) is 6.07 Å². The molecule has 74 valence electrons. The van der Waals surface area contributed by atoms with E-state index in [2.05, 4.69) is 5.32 Å². The summed E-state index contributed by atoms with van der Waals surface area (Å²) in [6.07, 6.45) is 0.490. The molecule has 3 nitrogen and oxygen atoms in total. The summed E-state index contributed by atoms with van der Waals surface area (Å²) in [5.41, 5.74) is 11.2. The van der Waals surface area contributed by atoms with Crippen molar-refractivity contribution in [2.45, 2.75) is 26.8 Å². The van der Waals surface area contributed by atoms with E-state index in [1.165, 1.54) is 5.56 Å². The first-order chi connectivity index (χ1) is 6.63. The number of nitrogens with two attached hydrogens (primary N) is 1. The highest BCUT2D eigenvalue weighted by molar-refractivity contribution is 6.00. The summed E-state index contributed by atoms with van der Waals surface area (Å²) in [6, 6.07) is 2.04. The summed E-state index contributed by atoms with van der Waals surface area (Å²) in [7, 11) is 0. The Bertz CT molecular complexity index is 410. The molecule has 1 aromatic rings. The highest BCUT2D eigenvalue weighted by Crippen LogP contribution is 2.31. The highest BCUT2D eigenvalue weighted by atomic mass is 16.1. The number of hydrogen-bond acceptors (Lipinski definition) is 2. The van der Waals surface area contributed by atoms with Crippen LogP contribution in [0.5, 0.6) is 0 Å². The van der Waals surface area contributed by atoms with Crippen LogP contribution in [0.15, 0.2) is 6.07 Å². The fourth-order valence-electron chi connectivity index (χ4n) is 1.94. The van der Waals surface area contributed by atoms with Gasteiger partial charge in [0, 0.05) is 12.2 Å². The Kier molecular flexibility index (Phi) is 2.04. The van der Waals surface area contributed by atoms with E-state index in [0.717, 1.165) is 22.4 Å². The minimum absolute atomic E-state index is 0.0803. The number of carbonyl (C=O) groups excluding carboxylic acids is 1. The van der Waals surface area contributed by atoms with Gasteiger partial charge in [0.25, 0.3) is 0 Å². The largest absolute Gasteiger partial charge is 0.326 e. The van der Waals surface area contributed by atoms with E-state index in [9.17, 15) is 4.79 Å². The Labute approximate surface area is 83.3 Å². The quantitative estimate of drug-likeness (QED) is 0.700. The molecule has 3 N–H and O–H groups in total. The van der Waals surface area contributed by atoms with Crippen molar-refractivity contribution in [3.63, 3.8) is 0 Å². The third-order valence-electron chi connectivity index (χ3n) is 2.92. The number of carbonyl (C=O) groups is 1. The van der Waals surface area contributed by atoms with Crippen molar-refractivity contribution in [2.75, 3.05) is 5.32 Å². The van der Waals surface area contributed by atoms with Gasteiger partial charge in [-0.15, -0.1) is 0 Å². The smallest absolute Gasteiger partial charge is 0.228 e. The van der Waals surface area contributed by atoms with E-state index < -0.39 is 0 Å². The van der Waals surface area contributed by atoms with E-state index in [0.29, 0.717) is 13.0 Å². The van der Waals surface area contributed by atoms with Crippen LogP contribution in [0.3, 0.4) is 0 Å². The summed E-state index contributed by atoms with van der Waals surface area (Å²) in [6.45, 7) is 4.61. The molecule has 0 aromatic heterocycles. The minimum atomic E-state index is 0.0803. The molecule has 0 spiro atoms. The molecule has 1 aliphatic rings. The normalized spacial score (nSPS) is 14.1. The molecule has 2 rings (SSSR count). The second-order valence-corrected chi connectivity index (χ2v) is 3.75. The lowest BCUT2D eigenvalue weighted by atomic mass is 9.97. The number of rotatable bonds is 1. The van der Waals surface area contributed by atoms with Crippen molar-refractivity contribution >= 4 is 11.6 Å². The maximum Gasteiger partial charge on any atom is 0.228 e. The van der Waals surface area contributed by atoms with Gasteiger partial charge in [-0.25, -0.2) is 0 Å².